The molecule has 2 heterocycles. The molecule has 2 atom stereocenters. The Balaban J connectivity index is 1.81. The Hall–Kier alpha value is -1.86. The first-order chi connectivity index (χ1) is 9.25. The standard InChI is InChI=1S/C12H14N6S/c1-8(11-14-16-17-15-11)9-2-4-10(5-3-9)18-6-7-19-12(18)13/h2-8,12H,13H2,1H3,(H,14,15,16,17)/t8-,12?/m1/s1. The van der Waals surface area contributed by atoms with Gasteiger partial charge in [-0.25, -0.2) is 0 Å². The molecule has 0 spiro atoms. The minimum absolute atomic E-state index is 0.0412. The summed E-state index contributed by atoms with van der Waals surface area (Å²) in [5.74, 6) is 0.811. The van der Waals surface area contributed by atoms with Gasteiger partial charge in [-0.1, -0.05) is 36.0 Å². The molecule has 0 fully saturated rings. The van der Waals surface area contributed by atoms with Gasteiger partial charge in [-0.2, -0.15) is 5.21 Å². The molecule has 1 aromatic carbocycles. The first kappa shape index (κ1) is 12.2. The van der Waals surface area contributed by atoms with Crippen LogP contribution in [0.4, 0.5) is 5.69 Å². The van der Waals surface area contributed by atoms with E-state index in [4.69, 9.17) is 5.73 Å². The van der Waals surface area contributed by atoms with Gasteiger partial charge in [-0.15, -0.1) is 10.2 Å². The number of rotatable bonds is 3. The van der Waals surface area contributed by atoms with E-state index in [-0.39, 0.29) is 11.4 Å². The van der Waals surface area contributed by atoms with Crippen LogP contribution in [0.2, 0.25) is 0 Å². The zero-order chi connectivity index (χ0) is 13.2. The predicted molar refractivity (Wildman–Crippen MR) is 75.3 cm³/mol. The highest BCUT2D eigenvalue weighted by molar-refractivity contribution is 8.03. The van der Waals surface area contributed by atoms with Gasteiger partial charge in [0.1, 0.15) is 5.50 Å². The van der Waals surface area contributed by atoms with Crippen molar-refractivity contribution in [2.24, 2.45) is 5.73 Å². The molecule has 2 aromatic rings. The van der Waals surface area contributed by atoms with Crippen molar-refractivity contribution in [3.8, 4) is 0 Å². The Bertz CT molecular complexity index is 564. The fourth-order valence-electron chi connectivity index (χ4n) is 2.00. The fourth-order valence-corrected chi connectivity index (χ4v) is 2.69. The van der Waals surface area contributed by atoms with E-state index in [0.29, 0.717) is 5.82 Å². The van der Waals surface area contributed by atoms with E-state index in [9.17, 15) is 0 Å². The fraction of sp³-hybridized carbons (Fsp3) is 0.250. The summed E-state index contributed by atoms with van der Waals surface area (Å²) in [7, 11) is 0. The van der Waals surface area contributed by atoms with Gasteiger partial charge in [0.2, 0.25) is 0 Å². The molecule has 1 aliphatic rings. The Labute approximate surface area is 115 Å². The first-order valence-electron chi connectivity index (χ1n) is 5.95. The number of benzene rings is 1. The molecule has 3 rings (SSSR count). The average Bonchev–Trinajstić information content (AvgIpc) is 3.09. The maximum atomic E-state index is 5.98. The normalized spacial score (nSPS) is 19.9. The van der Waals surface area contributed by atoms with Crippen LogP contribution in [0.5, 0.6) is 0 Å². The van der Waals surface area contributed by atoms with Crippen LogP contribution in [0, 0.1) is 0 Å². The number of nitrogens with zero attached hydrogens (tertiary/aromatic N) is 4. The van der Waals surface area contributed by atoms with E-state index in [1.807, 2.05) is 16.5 Å². The highest BCUT2D eigenvalue weighted by Gasteiger charge is 2.18. The highest BCUT2D eigenvalue weighted by Crippen LogP contribution is 2.29. The number of hydrogen-bond acceptors (Lipinski definition) is 6. The minimum atomic E-state index is -0.0412. The van der Waals surface area contributed by atoms with Crippen molar-refractivity contribution in [3.05, 3.63) is 47.3 Å². The summed E-state index contributed by atoms with van der Waals surface area (Å²) in [6.07, 6.45) is 1.99. The van der Waals surface area contributed by atoms with Gasteiger partial charge < -0.3 is 10.6 Å². The molecule has 0 saturated heterocycles. The highest BCUT2D eigenvalue weighted by atomic mass is 32.2. The maximum Gasteiger partial charge on any atom is 0.181 e. The van der Waals surface area contributed by atoms with E-state index in [0.717, 1.165) is 11.3 Å². The molecule has 3 N–H and O–H groups in total. The molecule has 0 amide bonds. The van der Waals surface area contributed by atoms with E-state index in [1.54, 1.807) is 11.8 Å². The summed E-state index contributed by atoms with van der Waals surface area (Å²) < 4.78 is 0. The van der Waals surface area contributed by atoms with Crippen molar-refractivity contribution in [1.82, 2.24) is 20.6 Å². The predicted octanol–water partition coefficient (Wildman–Crippen LogP) is 1.62. The largest absolute Gasteiger partial charge is 0.322 e. The van der Waals surface area contributed by atoms with Crippen LogP contribution in [0.3, 0.4) is 0 Å². The Morgan fingerprint density at radius 2 is 2.16 bits per heavy atom. The molecule has 98 valence electrons. The monoisotopic (exact) mass is 274 g/mol. The van der Waals surface area contributed by atoms with Crippen LogP contribution in [0.25, 0.3) is 0 Å². The summed E-state index contributed by atoms with van der Waals surface area (Å²) in [5.41, 5.74) is 8.17. The van der Waals surface area contributed by atoms with Gasteiger partial charge in [-0.3, -0.25) is 0 Å². The lowest BCUT2D eigenvalue weighted by molar-refractivity contribution is 0.820. The third-order valence-electron chi connectivity index (χ3n) is 3.15. The number of thioether (sulfide) groups is 1. The molecule has 6 nitrogen and oxygen atoms in total. The number of aromatic amines is 1. The molecule has 19 heavy (non-hydrogen) atoms. The molecule has 1 aromatic heterocycles. The zero-order valence-corrected chi connectivity index (χ0v) is 11.2. The third-order valence-corrected chi connectivity index (χ3v) is 3.94. The number of tetrazole rings is 1. The summed E-state index contributed by atoms with van der Waals surface area (Å²) >= 11 is 1.60. The lowest BCUT2D eigenvalue weighted by atomic mass is 10.0. The van der Waals surface area contributed by atoms with Crippen LogP contribution in [0.1, 0.15) is 24.2 Å². The van der Waals surface area contributed by atoms with Crippen molar-refractivity contribution in [1.29, 1.82) is 0 Å². The molecule has 0 aliphatic carbocycles. The van der Waals surface area contributed by atoms with Crippen LogP contribution in [-0.2, 0) is 0 Å². The van der Waals surface area contributed by atoms with Crippen molar-refractivity contribution >= 4 is 17.4 Å². The number of anilines is 1. The average molecular weight is 274 g/mol. The summed E-state index contributed by atoms with van der Waals surface area (Å²) in [6, 6.07) is 8.25. The van der Waals surface area contributed by atoms with E-state index >= 15 is 0 Å². The van der Waals surface area contributed by atoms with Gasteiger partial charge in [-0.05, 0) is 23.1 Å². The molecule has 7 heteroatoms. The number of H-pyrrole nitrogens is 1. The lowest BCUT2D eigenvalue weighted by Crippen LogP contribution is -2.32. The third kappa shape index (κ3) is 2.34. The van der Waals surface area contributed by atoms with Crippen LogP contribution >= 0.6 is 11.8 Å². The van der Waals surface area contributed by atoms with Gasteiger partial charge in [0.15, 0.2) is 5.82 Å². The molecule has 1 aliphatic heterocycles. The number of nitrogens with one attached hydrogen (secondary N) is 1. The maximum absolute atomic E-state index is 5.98. The molecule has 0 radical (unpaired) electrons. The Morgan fingerprint density at radius 1 is 1.37 bits per heavy atom. The first-order valence-corrected chi connectivity index (χ1v) is 6.89. The molecule has 0 bridgehead atoms. The number of aromatic nitrogens is 4. The summed E-state index contributed by atoms with van der Waals surface area (Å²) in [4.78, 5) is 2.04. The number of hydrogen-bond donors (Lipinski definition) is 2. The minimum Gasteiger partial charge on any atom is -0.322 e. The van der Waals surface area contributed by atoms with Crippen molar-refractivity contribution < 1.29 is 0 Å². The van der Waals surface area contributed by atoms with Gasteiger partial charge in [0.05, 0.1) is 0 Å². The van der Waals surface area contributed by atoms with Crippen LogP contribution in [-0.4, -0.2) is 26.1 Å². The van der Waals surface area contributed by atoms with Gasteiger partial charge >= 0.3 is 0 Å². The quantitative estimate of drug-likeness (QED) is 0.885. The summed E-state index contributed by atoms with van der Waals surface area (Å²) in [5, 5.41) is 16.1. The number of nitrogens with two attached hydrogens (primary N) is 1. The van der Waals surface area contributed by atoms with Crippen molar-refractivity contribution in [3.63, 3.8) is 0 Å². The summed E-state index contributed by atoms with van der Waals surface area (Å²) in [6.45, 7) is 2.05. The van der Waals surface area contributed by atoms with E-state index in [1.165, 1.54) is 0 Å². The van der Waals surface area contributed by atoms with Gasteiger partial charge in [0.25, 0.3) is 0 Å². The van der Waals surface area contributed by atoms with E-state index in [2.05, 4.69) is 51.8 Å². The molecular formula is C12H14N6S. The Morgan fingerprint density at radius 3 is 2.74 bits per heavy atom. The Kier molecular flexibility index (Phi) is 3.22. The van der Waals surface area contributed by atoms with Crippen molar-refractivity contribution in [2.45, 2.75) is 18.3 Å². The SMILES string of the molecule is C[C@H](c1ccc(N2C=CSC2N)cc1)c1nn[nH]n1. The second kappa shape index (κ2) is 5.02. The molecule has 1 unspecified atom stereocenters. The zero-order valence-electron chi connectivity index (χ0n) is 10.4. The van der Waals surface area contributed by atoms with E-state index < -0.39 is 0 Å². The molecular weight excluding hydrogens is 260 g/mol. The molecule has 0 saturated carbocycles. The van der Waals surface area contributed by atoms with Gasteiger partial charge in [0, 0.05) is 17.8 Å². The smallest absolute Gasteiger partial charge is 0.181 e. The van der Waals surface area contributed by atoms with Crippen LogP contribution in [0.15, 0.2) is 35.9 Å². The topological polar surface area (TPSA) is 83.7 Å². The van der Waals surface area contributed by atoms with Crippen LogP contribution < -0.4 is 10.6 Å². The second-order valence-electron chi connectivity index (χ2n) is 4.30. The lowest BCUT2D eigenvalue weighted by Gasteiger charge is -2.21. The second-order valence-corrected chi connectivity index (χ2v) is 5.33. The van der Waals surface area contributed by atoms with Crippen molar-refractivity contribution in [2.75, 3.05) is 4.90 Å².